The summed E-state index contributed by atoms with van der Waals surface area (Å²) in [5, 5.41) is 2.66. The zero-order valence-corrected chi connectivity index (χ0v) is 15.9. The van der Waals surface area contributed by atoms with Gasteiger partial charge in [-0.1, -0.05) is 23.7 Å². The smallest absolute Gasteiger partial charge is 0.267 e. The Bertz CT molecular complexity index is 1060. The molecule has 1 heterocycles. The van der Waals surface area contributed by atoms with E-state index in [0.29, 0.717) is 24.5 Å². The first-order valence-electron chi connectivity index (χ1n) is 8.68. The monoisotopic (exact) mass is 413 g/mol. The van der Waals surface area contributed by atoms with Crippen LogP contribution in [0.3, 0.4) is 0 Å². The van der Waals surface area contributed by atoms with Crippen molar-refractivity contribution >= 4 is 23.4 Å². The highest BCUT2D eigenvalue weighted by atomic mass is 35.5. The van der Waals surface area contributed by atoms with Gasteiger partial charge in [0.1, 0.15) is 23.0 Å². The van der Waals surface area contributed by atoms with E-state index in [9.17, 15) is 14.0 Å². The zero-order valence-electron chi connectivity index (χ0n) is 15.2. The normalized spacial score (nSPS) is 10.4. The molecule has 0 radical (unpaired) electrons. The Hall–Kier alpha value is -3.45. The van der Waals surface area contributed by atoms with Gasteiger partial charge in [0.05, 0.1) is 5.02 Å². The summed E-state index contributed by atoms with van der Waals surface area (Å²) >= 11 is 5.70. The van der Waals surface area contributed by atoms with Gasteiger partial charge in [-0.2, -0.15) is 0 Å². The van der Waals surface area contributed by atoms with Crippen molar-refractivity contribution in [2.45, 2.75) is 6.42 Å². The highest BCUT2D eigenvalue weighted by Gasteiger charge is 2.09. The third-order valence-electron chi connectivity index (χ3n) is 4.00. The number of carbonyl (C=O) groups is 2. The standard InChI is InChI=1S/C21H17ClFN3O3/c22-17-11-14(4-5-18(17)23)21(28)26-8-6-13-2-1-3-15(10-13)29-16-7-9-25-19(12-16)20(24)27/h1-5,7,9-12H,6,8H2,(H2,24,27)(H,26,28). The summed E-state index contributed by atoms with van der Waals surface area (Å²) in [6, 6.07) is 14.2. The van der Waals surface area contributed by atoms with Crippen LogP contribution in [0.25, 0.3) is 0 Å². The molecular formula is C21H17ClFN3O3. The average molecular weight is 414 g/mol. The lowest BCUT2D eigenvalue weighted by molar-refractivity contribution is 0.0952. The molecule has 148 valence electrons. The van der Waals surface area contributed by atoms with Crippen molar-refractivity contribution < 1.29 is 18.7 Å². The van der Waals surface area contributed by atoms with E-state index in [1.165, 1.54) is 24.4 Å². The van der Waals surface area contributed by atoms with E-state index < -0.39 is 11.7 Å². The fourth-order valence-electron chi connectivity index (χ4n) is 2.57. The molecule has 0 aliphatic carbocycles. The van der Waals surface area contributed by atoms with Crippen LogP contribution in [0.2, 0.25) is 5.02 Å². The van der Waals surface area contributed by atoms with Gasteiger partial charge in [0.25, 0.3) is 11.8 Å². The minimum absolute atomic E-state index is 0.0990. The molecule has 8 heteroatoms. The molecule has 1 aromatic heterocycles. The first-order valence-corrected chi connectivity index (χ1v) is 9.06. The van der Waals surface area contributed by atoms with Crippen LogP contribution in [0.5, 0.6) is 11.5 Å². The van der Waals surface area contributed by atoms with E-state index in [2.05, 4.69) is 10.3 Å². The lowest BCUT2D eigenvalue weighted by Crippen LogP contribution is -2.25. The topological polar surface area (TPSA) is 94.3 Å². The molecule has 6 nitrogen and oxygen atoms in total. The van der Waals surface area contributed by atoms with Crippen molar-refractivity contribution in [2.24, 2.45) is 5.73 Å². The third-order valence-corrected chi connectivity index (χ3v) is 4.29. The highest BCUT2D eigenvalue weighted by molar-refractivity contribution is 6.31. The number of primary amides is 1. The molecule has 0 fully saturated rings. The van der Waals surface area contributed by atoms with Crippen LogP contribution in [-0.2, 0) is 6.42 Å². The Morgan fingerprint density at radius 3 is 2.66 bits per heavy atom. The fraction of sp³-hybridized carbons (Fsp3) is 0.0952. The second-order valence-electron chi connectivity index (χ2n) is 6.13. The molecule has 0 saturated heterocycles. The van der Waals surface area contributed by atoms with Gasteiger partial charge in [-0.25, -0.2) is 4.39 Å². The maximum atomic E-state index is 13.2. The van der Waals surface area contributed by atoms with Crippen LogP contribution in [0, 0.1) is 5.82 Å². The molecule has 29 heavy (non-hydrogen) atoms. The number of ether oxygens (including phenoxy) is 1. The Balaban J connectivity index is 1.58. The molecule has 3 N–H and O–H groups in total. The number of pyridine rings is 1. The van der Waals surface area contributed by atoms with Gasteiger partial charge in [0.2, 0.25) is 0 Å². The predicted molar refractivity (Wildman–Crippen MR) is 107 cm³/mol. The largest absolute Gasteiger partial charge is 0.457 e. The van der Waals surface area contributed by atoms with Gasteiger partial charge in [0.15, 0.2) is 0 Å². The Kier molecular flexibility index (Phi) is 6.41. The lowest BCUT2D eigenvalue weighted by Gasteiger charge is -2.09. The number of hydrogen-bond donors (Lipinski definition) is 2. The van der Waals surface area contributed by atoms with Crippen molar-refractivity contribution in [2.75, 3.05) is 6.54 Å². The average Bonchev–Trinajstić information content (AvgIpc) is 2.70. The summed E-state index contributed by atoms with van der Waals surface area (Å²) in [5.74, 6) is -0.539. The summed E-state index contributed by atoms with van der Waals surface area (Å²) in [5.41, 5.74) is 6.56. The number of rotatable bonds is 7. The van der Waals surface area contributed by atoms with Gasteiger partial charge in [-0.15, -0.1) is 0 Å². The molecule has 3 aromatic rings. The number of nitrogens with zero attached hydrogens (tertiary/aromatic N) is 1. The van der Waals surface area contributed by atoms with E-state index >= 15 is 0 Å². The van der Waals surface area contributed by atoms with Crippen molar-refractivity contribution in [1.82, 2.24) is 10.3 Å². The molecule has 0 bridgehead atoms. The lowest BCUT2D eigenvalue weighted by atomic mass is 10.1. The van der Waals surface area contributed by atoms with Crippen LogP contribution >= 0.6 is 11.6 Å². The second kappa shape index (κ2) is 9.16. The van der Waals surface area contributed by atoms with E-state index in [-0.39, 0.29) is 22.2 Å². The number of carbonyl (C=O) groups excluding carboxylic acids is 2. The summed E-state index contributed by atoms with van der Waals surface area (Å²) in [6.07, 6.45) is 2.00. The van der Waals surface area contributed by atoms with Gasteiger partial charge >= 0.3 is 0 Å². The van der Waals surface area contributed by atoms with Crippen molar-refractivity contribution in [1.29, 1.82) is 0 Å². The molecule has 0 atom stereocenters. The number of nitrogens with two attached hydrogens (primary N) is 1. The molecule has 0 spiro atoms. The van der Waals surface area contributed by atoms with Gasteiger partial charge in [-0.05, 0) is 48.4 Å². The van der Waals surface area contributed by atoms with Crippen molar-refractivity contribution in [3.05, 3.63) is 88.5 Å². The Morgan fingerprint density at radius 1 is 1.10 bits per heavy atom. The second-order valence-corrected chi connectivity index (χ2v) is 6.53. The van der Waals surface area contributed by atoms with Crippen molar-refractivity contribution in [3.8, 4) is 11.5 Å². The zero-order chi connectivity index (χ0) is 20.8. The van der Waals surface area contributed by atoms with E-state index in [0.717, 1.165) is 11.6 Å². The first-order chi connectivity index (χ1) is 13.9. The fourth-order valence-corrected chi connectivity index (χ4v) is 2.75. The van der Waals surface area contributed by atoms with Crippen LogP contribution in [0.1, 0.15) is 26.4 Å². The Labute approximate surface area is 171 Å². The minimum Gasteiger partial charge on any atom is -0.457 e. The molecule has 3 rings (SSSR count). The van der Waals surface area contributed by atoms with E-state index in [4.69, 9.17) is 22.1 Å². The summed E-state index contributed by atoms with van der Waals surface area (Å²) in [6.45, 7) is 0.373. The maximum absolute atomic E-state index is 13.2. The quantitative estimate of drug-likeness (QED) is 0.617. The minimum atomic E-state index is -0.637. The number of nitrogens with one attached hydrogen (secondary N) is 1. The van der Waals surface area contributed by atoms with Crippen LogP contribution in [0.4, 0.5) is 4.39 Å². The SMILES string of the molecule is NC(=O)c1cc(Oc2cccc(CCNC(=O)c3ccc(F)c(Cl)c3)c2)ccn1. The summed E-state index contributed by atoms with van der Waals surface area (Å²) in [4.78, 5) is 27.2. The molecule has 2 aromatic carbocycles. The van der Waals surface area contributed by atoms with Gasteiger partial charge in [0, 0.05) is 24.4 Å². The molecule has 0 unspecified atom stereocenters. The molecule has 0 aliphatic heterocycles. The van der Waals surface area contributed by atoms with E-state index in [1.807, 2.05) is 18.2 Å². The van der Waals surface area contributed by atoms with Crippen LogP contribution < -0.4 is 15.8 Å². The maximum Gasteiger partial charge on any atom is 0.267 e. The Morgan fingerprint density at radius 2 is 1.90 bits per heavy atom. The summed E-state index contributed by atoms with van der Waals surface area (Å²) in [7, 11) is 0. The van der Waals surface area contributed by atoms with Crippen molar-refractivity contribution in [3.63, 3.8) is 0 Å². The van der Waals surface area contributed by atoms with Gasteiger partial charge < -0.3 is 15.8 Å². The number of benzene rings is 2. The van der Waals surface area contributed by atoms with Crippen LogP contribution in [0.15, 0.2) is 60.8 Å². The van der Waals surface area contributed by atoms with E-state index in [1.54, 1.807) is 12.1 Å². The predicted octanol–water partition coefficient (Wildman–Crippen LogP) is 3.74. The third kappa shape index (κ3) is 5.52. The van der Waals surface area contributed by atoms with Gasteiger partial charge in [-0.3, -0.25) is 14.6 Å². The number of aromatic nitrogens is 1. The first kappa shape index (κ1) is 20.3. The molecule has 0 aliphatic rings. The molecular weight excluding hydrogens is 397 g/mol. The summed E-state index contributed by atoms with van der Waals surface area (Å²) < 4.78 is 18.9. The number of hydrogen-bond acceptors (Lipinski definition) is 4. The van der Waals surface area contributed by atoms with Crippen LogP contribution in [-0.4, -0.2) is 23.3 Å². The number of amides is 2. The molecule has 2 amide bonds. The highest BCUT2D eigenvalue weighted by Crippen LogP contribution is 2.22. The molecule has 0 saturated carbocycles. The number of halogens is 2.